The molecule has 0 saturated heterocycles. The largest absolute Gasteiger partial charge is 0.228 e. The van der Waals surface area contributed by atoms with E-state index in [2.05, 4.69) is 115 Å². The minimum Gasteiger partial charge on any atom is -0.228 e. The summed E-state index contributed by atoms with van der Waals surface area (Å²) < 4.78 is 13.8. The summed E-state index contributed by atoms with van der Waals surface area (Å²) in [4.78, 5) is 9.93. The molecule has 3 heteroatoms. The van der Waals surface area contributed by atoms with Crippen LogP contribution in [-0.2, 0) is 0 Å². The van der Waals surface area contributed by atoms with Gasteiger partial charge in [0, 0.05) is 16.7 Å². The van der Waals surface area contributed by atoms with E-state index >= 15 is 0 Å². The Morgan fingerprint density at radius 1 is 0.356 bits per heavy atom. The third-order valence-corrected chi connectivity index (χ3v) is 8.35. The second kappa shape index (κ2) is 11.3. The molecule has 8 rings (SSSR count). The molecule has 1 heterocycles. The van der Waals surface area contributed by atoms with Crippen LogP contribution in [0.5, 0.6) is 0 Å². The molecule has 0 atom stereocenters. The van der Waals surface area contributed by atoms with Crippen molar-refractivity contribution < 1.29 is 4.39 Å². The normalized spacial score (nSPS) is 11.2. The van der Waals surface area contributed by atoms with Gasteiger partial charge in [-0.25, -0.2) is 14.4 Å². The van der Waals surface area contributed by atoms with Crippen molar-refractivity contribution in [1.82, 2.24) is 9.97 Å². The van der Waals surface area contributed by atoms with Gasteiger partial charge in [0.25, 0.3) is 0 Å². The van der Waals surface area contributed by atoms with E-state index in [1.54, 1.807) is 12.1 Å². The molecular formula is C42H27FN2. The highest BCUT2D eigenvalue weighted by molar-refractivity contribution is 6.13. The van der Waals surface area contributed by atoms with Gasteiger partial charge in [0.15, 0.2) is 5.82 Å². The molecule has 0 radical (unpaired) electrons. The second-order valence-corrected chi connectivity index (χ2v) is 11.2. The van der Waals surface area contributed by atoms with Crippen molar-refractivity contribution in [3.8, 4) is 56.2 Å². The zero-order chi connectivity index (χ0) is 30.2. The molecule has 0 fully saturated rings. The molecule has 0 spiro atoms. The lowest BCUT2D eigenvalue weighted by Crippen LogP contribution is -1.96. The lowest BCUT2D eigenvalue weighted by Gasteiger charge is -2.13. The quantitative estimate of drug-likeness (QED) is 0.190. The lowest BCUT2D eigenvalue weighted by molar-refractivity contribution is 0.628. The van der Waals surface area contributed by atoms with Crippen LogP contribution < -0.4 is 0 Å². The summed E-state index contributed by atoms with van der Waals surface area (Å²) in [6, 6.07) is 55.1. The molecule has 0 bridgehead atoms. The zero-order valence-corrected chi connectivity index (χ0v) is 24.4. The maximum atomic E-state index is 13.8. The molecule has 7 aromatic carbocycles. The highest BCUT2D eigenvalue weighted by Gasteiger charge is 2.13. The number of halogens is 1. The Labute approximate surface area is 261 Å². The van der Waals surface area contributed by atoms with Crippen LogP contribution in [0, 0.1) is 5.82 Å². The van der Waals surface area contributed by atoms with E-state index in [0.29, 0.717) is 5.82 Å². The van der Waals surface area contributed by atoms with Gasteiger partial charge < -0.3 is 0 Å². The molecule has 212 valence electrons. The summed E-state index contributed by atoms with van der Waals surface area (Å²) in [6.07, 6.45) is 0. The fourth-order valence-corrected chi connectivity index (χ4v) is 6.07. The summed E-state index contributed by atoms with van der Waals surface area (Å²) in [7, 11) is 0. The molecule has 45 heavy (non-hydrogen) atoms. The van der Waals surface area contributed by atoms with Gasteiger partial charge in [0.2, 0.25) is 0 Å². The molecule has 0 saturated carbocycles. The Balaban J connectivity index is 1.24. The third-order valence-electron chi connectivity index (χ3n) is 8.35. The predicted octanol–water partition coefficient (Wildman–Crippen LogP) is 11.3. The van der Waals surface area contributed by atoms with E-state index in [1.165, 1.54) is 39.2 Å². The number of fused-ring (bicyclic) bond motifs is 3. The molecule has 0 aliphatic carbocycles. The van der Waals surface area contributed by atoms with Crippen LogP contribution >= 0.6 is 0 Å². The van der Waals surface area contributed by atoms with Gasteiger partial charge in [-0.15, -0.1) is 0 Å². The van der Waals surface area contributed by atoms with Gasteiger partial charge in [-0.05, 0) is 86.3 Å². The third kappa shape index (κ3) is 5.15. The first kappa shape index (κ1) is 26.7. The topological polar surface area (TPSA) is 25.8 Å². The Morgan fingerprint density at radius 2 is 0.933 bits per heavy atom. The van der Waals surface area contributed by atoms with Crippen LogP contribution in [0.1, 0.15) is 0 Å². The molecular weight excluding hydrogens is 551 g/mol. The first-order valence-electron chi connectivity index (χ1n) is 15.0. The minimum absolute atomic E-state index is 0.289. The van der Waals surface area contributed by atoms with Gasteiger partial charge in [-0.2, -0.15) is 0 Å². The predicted molar refractivity (Wildman–Crippen MR) is 184 cm³/mol. The monoisotopic (exact) mass is 578 g/mol. The van der Waals surface area contributed by atoms with Crippen molar-refractivity contribution in [2.75, 3.05) is 0 Å². The van der Waals surface area contributed by atoms with Gasteiger partial charge >= 0.3 is 0 Å². The molecule has 0 amide bonds. The molecule has 0 N–H and O–H groups in total. The Hall–Kier alpha value is -5.93. The maximum Gasteiger partial charge on any atom is 0.160 e. The molecule has 2 nitrogen and oxygen atoms in total. The van der Waals surface area contributed by atoms with Crippen molar-refractivity contribution in [3.05, 3.63) is 170 Å². The van der Waals surface area contributed by atoms with Crippen LogP contribution in [0.2, 0.25) is 0 Å². The number of nitrogens with zero attached hydrogens (tertiary/aromatic N) is 2. The van der Waals surface area contributed by atoms with Gasteiger partial charge in [-0.1, -0.05) is 121 Å². The number of hydrogen-bond acceptors (Lipinski definition) is 2. The molecule has 1 aromatic heterocycles. The van der Waals surface area contributed by atoms with Crippen LogP contribution in [0.3, 0.4) is 0 Å². The van der Waals surface area contributed by atoms with Crippen molar-refractivity contribution in [2.45, 2.75) is 0 Å². The standard InChI is InChI=1S/C42H27FN2/c43-35-23-21-31(22-24-35)42-44-40(27-41(45-42)34-13-8-12-32(25-34)28-9-2-1-3-10-28)30-19-17-29(18-20-30)39-26-33-11-4-5-14-36(33)37-15-6-7-16-38(37)39/h1-27H. The molecule has 0 aliphatic heterocycles. The first-order valence-corrected chi connectivity index (χ1v) is 15.0. The number of aromatic nitrogens is 2. The SMILES string of the molecule is Fc1ccc(-c2nc(-c3ccc(-c4cc5ccccc5c5ccccc45)cc3)cc(-c3cccc(-c4ccccc4)c3)n2)cc1. The van der Waals surface area contributed by atoms with E-state index in [-0.39, 0.29) is 5.82 Å². The van der Waals surface area contributed by atoms with Crippen molar-refractivity contribution in [3.63, 3.8) is 0 Å². The Kier molecular flexibility index (Phi) is 6.69. The number of hydrogen-bond donors (Lipinski definition) is 0. The zero-order valence-electron chi connectivity index (χ0n) is 24.4. The highest BCUT2D eigenvalue weighted by Crippen LogP contribution is 2.36. The summed E-state index contributed by atoms with van der Waals surface area (Å²) in [5.74, 6) is 0.264. The first-order chi connectivity index (χ1) is 22.2. The highest BCUT2D eigenvalue weighted by atomic mass is 19.1. The average Bonchev–Trinajstić information content (AvgIpc) is 3.12. The van der Waals surface area contributed by atoms with E-state index in [9.17, 15) is 4.39 Å². The molecule has 0 aliphatic rings. The molecule has 0 unspecified atom stereocenters. The number of rotatable bonds is 5. The van der Waals surface area contributed by atoms with Gasteiger partial charge in [-0.3, -0.25) is 0 Å². The lowest BCUT2D eigenvalue weighted by atomic mass is 9.92. The van der Waals surface area contributed by atoms with E-state index in [1.807, 2.05) is 24.3 Å². The number of benzene rings is 7. The van der Waals surface area contributed by atoms with Crippen molar-refractivity contribution in [2.24, 2.45) is 0 Å². The molecule has 8 aromatic rings. The Bertz CT molecular complexity index is 2310. The smallest absolute Gasteiger partial charge is 0.160 e. The fourth-order valence-electron chi connectivity index (χ4n) is 6.07. The van der Waals surface area contributed by atoms with E-state index in [4.69, 9.17) is 9.97 Å². The maximum absolute atomic E-state index is 13.8. The van der Waals surface area contributed by atoms with Gasteiger partial charge in [0.1, 0.15) is 5.82 Å². The van der Waals surface area contributed by atoms with Crippen molar-refractivity contribution in [1.29, 1.82) is 0 Å². The van der Waals surface area contributed by atoms with Crippen LogP contribution in [0.25, 0.3) is 77.7 Å². The van der Waals surface area contributed by atoms with E-state index in [0.717, 1.165) is 44.8 Å². The van der Waals surface area contributed by atoms with E-state index < -0.39 is 0 Å². The summed E-state index contributed by atoms with van der Waals surface area (Å²) in [6.45, 7) is 0. The summed E-state index contributed by atoms with van der Waals surface area (Å²) in [5.41, 5.74) is 8.94. The van der Waals surface area contributed by atoms with Crippen LogP contribution in [-0.4, -0.2) is 9.97 Å². The minimum atomic E-state index is -0.289. The summed E-state index contributed by atoms with van der Waals surface area (Å²) in [5, 5.41) is 4.95. The average molecular weight is 579 g/mol. The van der Waals surface area contributed by atoms with Crippen LogP contribution in [0.4, 0.5) is 4.39 Å². The Morgan fingerprint density at radius 3 is 1.71 bits per heavy atom. The van der Waals surface area contributed by atoms with Crippen LogP contribution in [0.15, 0.2) is 164 Å². The fraction of sp³-hybridized carbons (Fsp3) is 0. The summed E-state index contributed by atoms with van der Waals surface area (Å²) >= 11 is 0. The second-order valence-electron chi connectivity index (χ2n) is 11.2. The van der Waals surface area contributed by atoms with Gasteiger partial charge in [0.05, 0.1) is 11.4 Å². The van der Waals surface area contributed by atoms with Crippen molar-refractivity contribution >= 4 is 21.5 Å².